The van der Waals surface area contributed by atoms with Crippen LogP contribution in [0.15, 0.2) is 24.4 Å². The number of aromatic nitrogens is 2. The van der Waals surface area contributed by atoms with E-state index in [0.717, 1.165) is 18.0 Å². The van der Waals surface area contributed by atoms with Crippen LogP contribution < -0.4 is 15.5 Å². The zero-order valence-corrected chi connectivity index (χ0v) is 15.8. The van der Waals surface area contributed by atoms with Gasteiger partial charge in [-0.2, -0.15) is 13.2 Å². The molecule has 0 radical (unpaired) electrons. The number of anilines is 3. The number of rotatable bonds is 3. The van der Waals surface area contributed by atoms with Gasteiger partial charge in [0.15, 0.2) is 0 Å². The van der Waals surface area contributed by atoms with Gasteiger partial charge in [-0.05, 0) is 12.1 Å². The fourth-order valence-corrected chi connectivity index (χ4v) is 3.51. The minimum absolute atomic E-state index is 0.0867. The van der Waals surface area contributed by atoms with E-state index in [-0.39, 0.29) is 17.1 Å². The van der Waals surface area contributed by atoms with Crippen molar-refractivity contribution in [3.8, 4) is 11.3 Å². The molecule has 2 N–H and O–H groups in total. The van der Waals surface area contributed by atoms with Crippen LogP contribution in [-0.2, 0) is 15.7 Å². The number of hydrogen-bond acceptors (Lipinski definition) is 7. The molecular weight excluding hydrogens is 387 g/mol. The molecule has 7 nitrogen and oxygen atoms in total. The number of halogens is 3. The molecule has 0 aliphatic carbocycles. The van der Waals surface area contributed by atoms with E-state index in [1.807, 2.05) is 11.0 Å². The minimum atomic E-state index is -4.57. The summed E-state index contributed by atoms with van der Waals surface area (Å²) in [4.78, 5) is 12.6. The molecule has 10 heteroatoms. The Labute approximate surface area is 166 Å². The van der Waals surface area contributed by atoms with Crippen LogP contribution in [0.5, 0.6) is 0 Å². The van der Waals surface area contributed by atoms with Gasteiger partial charge in [0, 0.05) is 49.7 Å². The molecule has 2 aromatic heterocycles. The molecule has 156 valence electrons. The second kappa shape index (κ2) is 8.03. The Morgan fingerprint density at radius 1 is 0.897 bits per heavy atom. The summed E-state index contributed by atoms with van der Waals surface area (Å²) < 4.78 is 51.8. The fourth-order valence-electron chi connectivity index (χ4n) is 3.51. The van der Waals surface area contributed by atoms with Gasteiger partial charge < -0.3 is 25.0 Å². The molecule has 0 amide bonds. The Balaban J connectivity index is 1.82. The van der Waals surface area contributed by atoms with Crippen molar-refractivity contribution in [2.24, 2.45) is 0 Å². The van der Waals surface area contributed by atoms with Crippen LogP contribution >= 0.6 is 0 Å². The van der Waals surface area contributed by atoms with Crippen molar-refractivity contribution in [1.29, 1.82) is 0 Å². The third-order valence-corrected chi connectivity index (χ3v) is 5.01. The van der Waals surface area contributed by atoms with Crippen molar-refractivity contribution in [2.45, 2.75) is 6.18 Å². The molecule has 0 unspecified atom stereocenters. The molecule has 0 spiro atoms. The molecule has 4 rings (SSSR count). The summed E-state index contributed by atoms with van der Waals surface area (Å²) in [7, 11) is 0. The van der Waals surface area contributed by atoms with E-state index < -0.39 is 11.7 Å². The largest absolute Gasteiger partial charge is 0.417 e. The van der Waals surface area contributed by atoms with E-state index in [9.17, 15) is 13.2 Å². The molecule has 2 saturated heterocycles. The maximum absolute atomic E-state index is 13.7. The molecule has 4 heterocycles. The van der Waals surface area contributed by atoms with Gasteiger partial charge in [0.1, 0.15) is 11.6 Å². The van der Waals surface area contributed by atoms with Crippen LogP contribution in [0, 0.1) is 0 Å². The van der Waals surface area contributed by atoms with Gasteiger partial charge in [-0.25, -0.2) is 9.97 Å². The predicted octanol–water partition coefficient (Wildman–Crippen LogP) is 2.42. The summed E-state index contributed by atoms with van der Waals surface area (Å²) in [6.07, 6.45) is -3.42. The zero-order chi connectivity index (χ0) is 20.4. The normalized spacial score (nSPS) is 18.2. The quantitative estimate of drug-likeness (QED) is 0.834. The predicted molar refractivity (Wildman–Crippen MR) is 103 cm³/mol. The number of hydrogen-bond donors (Lipinski definition) is 1. The summed E-state index contributed by atoms with van der Waals surface area (Å²) in [6, 6.07) is 4.45. The first-order valence-corrected chi connectivity index (χ1v) is 9.42. The summed E-state index contributed by atoms with van der Waals surface area (Å²) in [6.45, 7) is 4.84. The molecule has 0 aromatic carbocycles. The first kappa shape index (κ1) is 19.7. The third kappa shape index (κ3) is 4.38. The topological polar surface area (TPSA) is 76.7 Å². The SMILES string of the molecule is Nc1cc(C(F)(F)F)c(-c2cc(N3CCOCC3)cc(N3CCOCC3)n2)cn1. The lowest BCUT2D eigenvalue weighted by atomic mass is 10.0. The average Bonchev–Trinajstić information content (AvgIpc) is 2.74. The van der Waals surface area contributed by atoms with Crippen molar-refractivity contribution < 1.29 is 22.6 Å². The number of ether oxygens (including phenoxy) is 2. The lowest BCUT2D eigenvalue weighted by Gasteiger charge is -2.32. The smallest absolute Gasteiger partial charge is 0.384 e. The molecule has 0 bridgehead atoms. The molecular formula is C19H22F3N5O2. The molecule has 2 fully saturated rings. The van der Waals surface area contributed by atoms with E-state index in [0.29, 0.717) is 58.4 Å². The van der Waals surface area contributed by atoms with Crippen molar-refractivity contribution in [2.75, 3.05) is 68.1 Å². The maximum atomic E-state index is 13.7. The lowest BCUT2D eigenvalue weighted by Crippen LogP contribution is -2.38. The Kier molecular flexibility index (Phi) is 5.46. The van der Waals surface area contributed by atoms with E-state index in [1.165, 1.54) is 0 Å². The van der Waals surface area contributed by atoms with Gasteiger partial charge in [-0.3, -0.25) is 0 Å². The molecule has 0 saturated carbocycles. The summed E-state index contributed by atoms with van der Waals surface area (Å²) in [5, 5.41) is 0. The highest BCUT2D eigenvalue weighted by molar-refractivity contribution is 5.72. The van der Waals surface area contributed by atoms with Crippen LogP contribution in [0.4, 0.5) is 30.5 Å². The van der Waals surface area contributed by atoms with Gasteiger partial charge in [-0.15, -0.1) is 0 Å². The Morgan fingerprint density at radius 3 is 2.14 bits per heavy atom. The lowest BCUT2D eigenvalue weighted by molar-refractivity contribution is -0.137. The highest BCUT2D eigenvalue weighted by atomic mass is 19.4. The number of nitrogens with zero attached hydrogens (tertiary/aromatic N) is 4. The Hall–Kier alpha value is -2.59. The van der Waals surface area contributed by atoms with E-state index in [1.54, 1.807) is 6.07 Å². The number of nitrogen functional groups attached to an aromatic ring is 1. The number of pyridine rings is 2. The number of alkyl halides is 3. The van der Waals surface area contributed by atoms with Gasteiger partial charge in [0.25, 0.3) is 0 Å². The summed E-state index contributed by atoms with van der Waals surface area (Å²) in [5.41, 5.74) is 5.62. The van der Waals surface area contributed by atoms with Crippen LogP contribution in [0.3, 0.4) is 0 Å². The second-order valence-corrected chi connectivity index (χ2v) is 6.92. The highest BCUT2D eigenvalue weighted by Gasteiger charge is 2.35. The molecule has 2 aliphatic rings. The highest BCUT2D eigenvalue weighted by Crippen LogP contribution is 2.38. The number of nitrogens with two attached hydrogens (primary N) is 1. The van der Waals surface area contributed by atoms with E-state index >= 15 is 0 Å². The molecule has 2 aromatic rings. The fraction of sp³-hybridized carbons (Fsp3) is 0.474. The first-order chi connectivity index (χ1) is 13.9. The van der Waals surface area contributed by atoms with Crippen molar-refractivity contribution in [3.05, 3.63) is 30.0 Å². The third-order valence-electron chi connectivity index (χ3n) is 5.01. The average molecular weight is 409 g/mol. The van der Waals surface area contributed by atoms with Crippen LogP contribution in [0.1, 0.15) is 5.56 Å². The van der Waals surface area contributed by atoms with E-state index in [2.05, 4.69) is 14.9 Å². The molecule has 2 aliphatic heterocycles. The maximum Gasteiger partial charge on any atom is 0.417 e. The van der Waals surface area contributed by atoms with Gasteiger partial charge >= 0.3 is 6.18 Å². The zero-order valence-electron chi connectivity index (χ0n) is 15.8. The van der Waals surface area contributed by atoms with Crippen LogP contribution in [-0.4, -0.2) is 62.6 Å². The molecule has 0 atom stereocenters. The second-order valence-electron chi connectivity index (χ2n) is 6.92. The number of morpholine rings is 2. The minimum Gasteiger partial charge on any atom is -0.384 e. The standard InChI is InChI=1S/C19H22F3N5O2/c20-19(21,22)15-11-17(23)24-12-14(15)16-9-13(26-1-5-28-6-2-26)10-18(25-16)27-3-7-29-8-4-27/h9-12H,1-8H2,(H2,23,24). The van der Waals surface area contributed by atoms with Crippen molar-refractivity contribution >= 4 is 17.3 Å². The first-order valence-electron chi connectivity index (χ1n) is 9.42. The monoisotopic (exact) mass is 409 g/mol. The Morgan fingerprint density at radius 2 is 1.52 bits per heavy atom. The summed E-state index contributed by atoms with van der Waals surface area (Å²) >= 11 is 0. The van der Waals surface area contributed by atoms with Gasteiger partial charge in [0.05, 0.1) is 37.7 Å². The van der Waals surface area contributed by atoms with Gasteiger partial charge in [-0.1, -0.05) is 0 Å². The summed E-state index contributed by atoms with van der Waals surface area (Å²) in [5.74, 6) is 0.441. The van der Waals surface area contributed by atoms with Crippen molar-refractivity contribution in [3.63, 3.8) is 0 Å². The van der Waals surface area contributed by atoms with E-state index in [4.69, 9.17) is 15.2 Å². The van der Waals surface area contributed by atoms with Crippen molar-refractivity contribution in [1.82, 2.24) is 9.97 Å². The Bertz CT molecular complexity index is 829. The molecule has 29 heavy (non-hydrogen) atoms. The van der Waals surface area contributed by atoms with Crippen LogP contribution in [0.2, 0.25) is 0 Å². The van der Waals surface area contributed by atoms with Gasteiger partial charge in [0.2, 0.25) is 0 Å². The van der Waals surface area contributed by atoms with Crippen LogP contribution in [0.25, 0.3) is 11.3 Å².